The van der Waals surface area contributed by atoms with Crippen molar-refractivity contribution in [3.8, 4) is 17.0 Å². The van der Waals surface area contributed by atoms with Crippen molar-refractivity contribution in [1.82, 2.24) is 24.5 Å². The predicted molar refractivity (Wildman–Crippen MR) is 141 cm³/mol. The summed E-state index contributed by atoms with van der Waals surface area (Å²) in [6.07, 6.45) is 4.54. The molecule has 37 heavy (non-hydrogen) atoms. The Morgan fingerprint density at radius 2 is 2.08 bits per heavy atom. The highest BCUT2D eigenvalue weighted by atomic mass is 19.1. The second-order valence-corrected chi connectivity index (χ2v) is 9.77. The number of aromatic nitrogens is 2. The molecule has 1 unspecified atom stereocenters. The minimum atomic E-state index is -0.538. The standard InChI is InChI=1S/C28H29FN6O2/c1-33(2)21-9-11-34(16-21)28(36)22-5-4-20(14-23(22)29)32-24-6-7-25(35-12-10-31-27(24)35)18-3-8-26-19(13-18)15-30-17-37-26/h3-8,10,12-14,21,30,32H,9,11,15-17H2,1-2H3. The summed E-state index contributed by atoms with van der Waals surface area (Å²) in [6, 6.07) is 15.1. The van der Waals surface area contributed by atoms with Gasteiger partial charge in [-0.1, -0.05) is 0 Å². The number of halogens is 1. The van der Waals surface area contributed by atoms with Crippen LogP contribution >= 0.6 is 0 Å². The quantitative estimate of drug-likeness (QED) is 0.430. The van der Waals surface area contributed by atoms with Gasteiger partial charge in [0.05, 0.1) is 16.9 Å². The van der Waals surface area contributed by atoms with Gasteiger partial charge in [-0.05, 0) is 74.6 Å². The smallest absolute Gasteiger partial charge is 0.256 e. The molecule has 0 spiro atoms. The fourth-order valence-electron chi connectivity index (χ4n) is 5.12. The average molecular weight is 501 g/mol. The summed E-state index contributed by atoms with van der Waals surface area (Å²) in [5, 5.41) is 6.49. The summed E-state index contributed by atoms with van der Waals surface area (Å²) >= 11 is 0. The maximum absolute atomic E-state index is 15.1. The Labute approximate surface area is 214 Å². The van der Waals surface area contributed by atoms with Crippen LogP contribution < -0.4 is 15.4 Å². The van der Waals surface area contributed by atoms with Gasteiger partial charge in [0, 0.05) is 49.3 Å². The molecule has 8 nitrogen and oxygen atoms in total. The fourth-order valence-corrected chi connectivity index (χ4v) is 5.12. The van der Waals surface area contributed by atoms with Crippen LogP contribution in [-0.4, -0.2) is 65.0 Å². The molecular formula is C28H29FN6O2. The molecule has 2 aliphatic heterocycles. The number of pyridine rings is 1. The number of nitrogens with zero attached hydrogens (tertiary/aromatic N) is 4. The lowest BCUT2D eigenvalue weighted by molar-refractivity contribution is 0.0778. The molecule has 9 heteroatoms. The van der Waals surface area contributed by atoms with Crippen LogP contribution in [0.5, 0.6) is 5.75 Å². The fraction of sp³-hybridized carbons (Fsp3) is 0.286. The van der Waals surface area contributed by atoms with E-state index in [1.807, 2.05) is 49.0 Å². The number of carbonyl (C=O) groups excluding carboxylic acids is 1. The van der Waals surface area contributed by atoms with Crippen molar-refractivity contribution >= 4 is 22.9 Å². The Kier molecular flexibility index (Phi) is 6.02. The molecule has 4 heterocycles. The topological polar surface area (TPSA) is 74.1 Å². The number of rotatable bonds is 5. The second-order valence-electron chi connectivity index (χ2n) is 9.77. The van der Waals surface area contributed by atoms with Crippen LogP contribution in [0.15, 0.2) is 60.9 Å². The molecular weight excluding hydrogens is 471 g/mol. The number of hydrogen-bond acceptors (Lipinski definition) is 6. The van der Waals surface area contributed by atoms with Crippen molar-refractivity contribution in [3.63, 3.8) is 0 Å². The van der Waals surface area contributed by atoms with Crippen LogP contribution in [0.4, 0.5) is 15.8 Å². The molecule has 2 aliphatic rings. The lowest BCUT2D eigenvalue weighted by Crippen LogP contribution is -2.34. The number of anilines is 2. The number of likely N-dealkylation sites (N-methyl/N-ethyl adjacent to an activating group) is 1. The Hall–Kier alpha value is -3.95. The first-order valence-electron chi connectivity index (χ1n) is 12.4. The van der Waals surface area contributed by atoms with Gasteiger partial charge in [0.15, 0.2) is 5.65 Å². The maximum Gasteiger partial charge on any atom is 0.256 e. The van der Waals surface area contributed by atoms with Crippen LogP contribution in [-0.2, 0) is 6.54 Å². The van der Waals surface area contributed by atoms with Crippen LogP contribution in [0.1, 0.15) is 22.3 Å². The van der Waals surface area contributed by atoms with E-state index in [1.165, 1.54) is 6.07 Å². The number of fused-ring (bicyclic) bond motifs is 2. The van der Waals surface area contributed by atoms with Crippen LogP contribution in [0.25, 0.3) is 16.9 Å². The highest BCUT2D eigenvalue weighted by Crippen LogP contribution is 2.32. The van der Waals surface area contributed by atoms with Crippen molar-refractivity contribution in [2.45, 2.75) is 19.0 Å². The minimum Gasteiger partial charge on any atom is -0.478 e. The third-order valence-corrected chi connectivity index (χ3v) is 7.21. The lowest BCUT2D eigenvalue weighted by atomic mass is 10.1. The molecule has 0 radical (unpaired) electrons. The van der Waals surface area contributed by atoms with E-state index in [2.05, 4.69) is 26.6 Å². The number of nitrogens with one attached hydrogen (secondary N) is 2. The summed E-state index contributed by atoms with van der Waals surface area (Å²) in [6.45, 7) is 2.53. The van der Waals surface area contributed by atoms with Crippen molar-refractivity contribution < 1.29 is 13.9 Å². The van der Waals surface area contributed by atoms with E-state index in [0.717, 1.165) is 46.9 Å². The molecule has 0 bridgehead atoms. The molecule has 1 saturated heterocycles. The molecule has 1 amide bonds. The lowest BCUT2D eigenvalue weighted by Gasteiger charge is -2.21. The number of ether oxygens (including phenoxy) is 1. The van der Waals surface area contributed by atoms with E-state index < -0.39 is 5.82 Å². The summed E-state index contributed by atoms with van der Waals surface area (Å²) in [4.78, 5) is 21.3. The number of hydrogen-bond donors (Lipinski definition) is 2. The van der Waals surface area contributed by atoms with Gasteiger partial charge in [0.1, 0.15) is 18.3 Å². The van der Waals surface area contributed by atoms with Gasteiger partial charge >= 0.3 is 0 Å². The highest BCUT2D eigenvalue weighted by Gasteiger charge is 2.29. The molecule has 6 rings (SSSR count). The largest absolute Gasteiger partial charge is 0.478 e. The minimum absolute atomic E-state index is 0.0946. The van der Waals surface area contributed by atoms with Crippen LogP contribution in [0, 0.1) is 5.82 Å². The van der Waals surface area contributed by atoms with E-state index in [9.17, 15) is 4.79 Å². The molecule has 2 aromatic heterocycles. The SMILES string of the molecule is CN(C)C1CCN(C(=O)c2ccc(Nc3ccc(-c4ccc5c(c4)CNCO5)n4ccnc34)cc2F)C1. The zero-order valence-corrected chi connectivity index (χ0v) is 20.9. The Bertz CT molecular complexity index is 1480. The second kappa shape index (κ2) is 9.49. The normalized spacial score (nSPS) is 17.2. The third kappa shape index (κ3) is 4.41. The van der Waals surface area contributed by atoms with Gasteiger partial charge in [-0.25, -0.2) is 9.37 Å². The predicted octanol–water partition coefficient (Wildman–Crippen LogP) is 4.10. The van der Waals surface area contributed by atoms with Gasteiger partial charge < -0.3 is 19.9 Å². The van der Waals surface area contributed by atoms with Crippen molar-refractivity contribution in [1.29, 1.82) is 0 Å². The molecule has 2 aromatic carbocycles. The molecule has 1 atom stereocenters. The van der Waals surface area contributed by atoms with Crippen molar-refractivity contribution in [2.75, 3.05) is 39.2 Å². The zero-order valence-electron chi connectivity index (χ0n) is 20.9. The number of carbonyl (C=O) groups is 1. The third-order valence-electron chi connectivity index (χ3n) is 7.21. The monoisotopic (exact) mass is 500 g/mol. The van der Waals surface area contributed by atoms with Crippen LogP contribution in [0.3, 0.4) is 0 Å². The summed E-state index contributed by atoms with van der Waals surface area (Å²) in [5.74, 6) is 0.0945. The molecule has 0 aliphatic carbocycles. The first kappa shape index (κ1) is 23.4. The van der Waals surface area contributed by atoms with Gasteiger partial charge in [-0.15, -0.1) is 0 Å². The van der Waals surface area contributed by atoms with Crippen molar-refractivity contribution in [3.05, 3.63) is 77.9 Å². The van der Waals surface area contributed by atoms with Gasteiger partial charge in [0.25, 0.3) is 5.91 Å². The maximum atomic E-state index is 15.1. The highest BCUT2D eigenvalue weighted by molar-refractivity contribution is 5.95. The van der Waals surface area contributed by atoms with E-state index >= 15 is 4.39 Å². The molecule has 1 fully saturated rings. The first-order chi connectivity index (χ1) is 18.0. The van der Waals surface area contributed by atoms with E-state index in [-0.39, 0.29) is 11.5 Å². The van der Waals surface area contributed by atoms with E-state index in [1.54, 1.807) is 23.2 Å². The Balaban J connectivity index is 1.24. The van der Waals surface area contributed by atoms with E-state index in [4.69, 9.17) is 4.74 Å². The summed E-state index contributed by atoms with van der Waals surface area (Å²) in [7, 11) is 4.00. The van der Waals surface area contributed by atoms with Gasteiger partial charge in [0.2, 0.25) is 0 Å². The molecule has 0 saturated carbocycles. The first-order valence-corrected chi connectivity index (χ1v) is 12.4. The van der Waals surface area contributed by atoms with E-state index in [0.29, 0.717) is 31.5 Å². The molecule has 4 aromatic rings. The Morgan fingerprint density at radius 1 is 1.19 bits per heavy atom. The zero-order chi connectivity index (χ0) is 25.5. The van der Waals surface area contributed by atoms with Gasteiger partial charge in [-0.2, -0.15) is 0 Å². The number of likely N-dealkylation sites (tertiary alicyclic amines) is 1. The number of imidazole rings is 1. The van der Waals surface area contributed by atoms with Crippen molar-refractivity contribution in [2.24, 2.45) is 0 Å². The Morgan fingerprint density at radius 3 is 2.89 bits per heavy atom. The number of amides is 1. The van der Waals surface area contributed by atoms with Gasteiger partial charge in [-0.3, -0.25) is 14.5 Å². The summed E-state index contributed by atoms with van der Waals surface area (Å²) < 4.78 is 22.7. The average Bonchev–Trinajstić information content (AvgIpc) is 3.59. The van der Waals surface area contributed by atoms with Crippen LogP contribution in [0.2, 0.25) is 0 Å². The molecule has 190 valence electrons. The summed E-state index contributed by atoms with van der Waals surface area (Å²) in [5.41, 5.74) is 5.25. The number of benzene rings is 2. The molecule has 2 N–H and O–H groups in total.